The molecule has 0 heterocycles. The second-order valence-electron chi connectivity index (χ2n) is 21.2. The van der Waals surface area contributed by atoms with Gasteiger partial charge < -0.3 is 33.8 Å². The summed E-state index contributed by atoms with van der Waals surface area (Å²) in [6, 6.07) is 0. The van der Waals surface area contributed by atoms with Crippen LogP contribution >= 0.6 is 15.6 Å². The van der Waals surface area contributed by atoms with Crippen LogP contribution in [0.3, 0.4) is 0 Å². The predicted octanol–water partition coefficient (Wildman–Crippen LogP) is 15.1. The number of unbranched alkanes of at least 4 members (excludes halogenated alkanes) is 29. The molecular formula is C57H110O17P2. The van der Waals surface area contributed by atoms with E-state index in [0.29, 0.717) is 31.6 Å². The molecule has 0 radical (unpaired) electrons. The fourth-order valence-electron chi connectivity index (χ4n) is 8.34. The quantitative estimate of drug-likeness (QED) is 0.0222. The molecule has 0 fully saturated rings. The minimum Gasteiger partial charge on any atom is -0.462 e. The van der Waals surface area contributed by atoms with Gasteiger partial charge in [0.2, 0.25) is 0 Å². The van der Waals surface area contributed by atoms with Gasteiger partial charge in [0, 0.05) is 25.7 Å². The molecule has 0 aromatic heterocycles. The SMILES string of the molecule is CCCCCCCCCCCCCC(=O)O[C@H](COC(=O)CCCCCCCCC(C)C)COP(=O)(O)OC[C@@H](O)COP(=O)(O)OC[C@@H](COC(=O)CCCCCCCCCC)OC(=O)CCCCCCCCCC. The van der Waals surface area contributed by atoms with Gasteiger partial charge in [-0.25, -0.2) is 9.13 Å². The van der Waals surface area contributed by atoms with Gasteiger partial charge in [0.1, 0.15) is 19.3 Å². The van der Waals surface area contributed by atoms with Crippen LogP contribution < -0.4 is 0 Å². The molecule has 0 aliphatic heterocycles. The van der Waals surface area contributed by atoms with E-state index in [4.69, 9.17) is 37.0 Å². The average molecular weight is 1130 g/mol. The van der Waals surface area contributed by atoms with Crippen molar-refractivity contribution in [2.24, 2.45) is 5.92 Å². The molecule has 0 aliphatic rings. The lowest BCUT2D eigenvalue weighted by Gasteiger charge is -2.21. The van der Waals surface area contributed by atoms with Crippen molar-refractivity contribution in [3.63, 3.8) is 0 Å². The molecule has 17 nitrogen and oxygen atoms in total. The first kappa shape index (κ1) is 74.1. The van der Waals surface area contributed by atoms with Crippen molar-refractivity contribution in [2.75, 3.05) is 39.6 Å². The van der Waals surface area contributed by atoms with Gasteiger partial charge in [-0.05, 0) is 31.6 Å². The fourth-order valence-corrected chi connectivity index (χ4v) is 9.92. The lowest BCUT2D eigenvalue weighted by atomic mass is 10.0. The van der Waals surface area contributed by atoms with E-state index in [9.17, 15) is 43.2 Å². The third-order valence-corrected chi connectivity index (χ3v) is 14.9. The number of aliphatic hydroxyl groups is 1. The number of hydrogen-bond acceptors (Lipinski definition) is 15. The second-order valence-corrected chi connectivity index (χ2v) is 24.1. The van der Waals surface area contributed by atoms with Crippen LogP contribution in [0, 0.1) is 5.92 Å². The topological polar surface area (TPSA) is 237 Å². The highest BCUT2D eigenvalue weighted by Crippen LogP contribution is 2.45. The number of aliphatic hydroxyl groups excluding tert-OH is 1. The Hall–Kier alpha value is -1.94. The van der Waals surface area contributed by atoms with E-state index in [1.165, 1.54) is 83.5 Å². The molecule has 0 aromatic rings. The van der Waals surface area contributed by atoms with Gasteiger partial charge in [-0.1, -0.05) is 227 Å². The van der Waals surface area contributed by atoms with Gasteiger partial charge in [0.25, 0.3) is 0 Å². The highest BCUT2D eigenvalue weighted by Gasteiger charge is 2.30. The van der Waals surface area contributed by atoms with E-state index in [0.717, 1.165) is 109 Å². The first-order valence-electron chi connectivity index (χ1n) is 30.1. The average Bonchev–Trinajstić information content (AvgIpc) is 3.38. The van der Waals surface area contributed by atoms with Crippen LogP contribution in [0.4, 0.5) is 0 Å². The van der Waals surface area contributed by atoms with Crippen molar-refractivity contribution < 1.29 is 80.2 Å². The van der Waals surface area contributed by atoms with Crippen molar-refractivity contribution in [1.29, 1.82) is 0 Å². The fraction of sp³-hybridized carbons (Fsp3) is 0.930. The van der Waals surface area contributed by atoms with Gasteiger partial charge in [0.15, 0.2) is 12.2 Å². The van der Waals surface area contributed by atoms with E-state index in [1.54, 1.807) is 0 Å². The molecule has 450 valence electrons. The van der Waals surface area contributed by atoms with Crippen LogP contribution in [-0.2, 0) is 65.4 Å². The van der Waals surface area contributed by atoms with Crippen molar-refractivity contribution >= 4 is 39.5 Å². The number of ether oxygens (including phenoxy) is 4. The monoisotopic (exact) mass is 1130 g/mol. The molecule has 19 heteroatoms. The third kappa shape index (κ3) is 51.5. The van der Waals surface area contributed by atoms with Crippen LogP contribution in [0.1, 0.15) is 279 Å². The summed E-state index contributed by atoms with van der Waals surface area (Å²) >= 11 is 0. The summed E-state index contributed by atoms with van der Waals surface area (Å²) in [5.41, 5.74) is 0. The van der Waals surface area contributed by atoms with Crippen molar-refractivity contribution in [1.82, 2.24) is 0 Å². The molecule has 0 aliphatic carbocycles. The van der Waals surface area contributed by atoms with Gasteiger partial charge in [-0.3, -0.25) is 37.3 Å². The maximum atomic E-state index is 12.9. The number of esters is 4. The zero-order chi connectivity index (χ0) is 56.4. The van der Waals surface area contributed by atoms with Crippen molar-refractivity contribution in [3.05, 3.63) is 0 Å². The highest BCUT2D eigenvalue weighted by molar-refractivity contribution is 7.47. The lowest BCUT2D eigenvalue weighted by Crippen LogP contribution is -2.30. The third-order valence-electron chi connectivity index (χ3n) is 13.0. The first-order chi connectivity index (χ1) is 36.5. The Labute approximate surface area is 460 Å². The van der Waals surface area contributed by atoms with Crippen molar-refractivity contribution in [2.45, 2.75) is 297 Å². The van der Waals surface area contributed by atoms with Gasteiger partial charge in [-0.2, -0.15) is 0 Å². The molecule has 0 saturated carbocycles. The summed E-state index contributed by atoms with van der Waals surface area (Å²) in [5.74, 6) is -1.47. The zero-order valence-corrected chi connectivity index (χ0v) is 50.2. The molecule has 2 unspecified atom stereocenters. The Morgan fingerprint density at radius 3 is 0.895 bits per heavy atom. The molecule has 3 N–H and O–H groups in total. The number of phosphoric ester groups is 2. The summed E-state index contributed by atoms with van der Waals surface area (Å²) in [6.45, 7) is 7.00. The number of hydrogen-bond donors (Lipinski definition) is 3. The van der Waals surface area contributed by atoms with E-state index in [2.05, 4.69) is 34.6 Å². The summed E-state index contributed by atoms with van der Waals surface area (Å²) < 4.78 is 67.5. The van der Waals surface area contributed by atoms with Crippen LogP contribution in [0.25, 0.3) is 0 Å². The van der Waals surface area contributed by atoms with Gasteiger partial charge in [0.05, 0.1) is 26.4 Å². The molecule has 0 saturated heterocycles. The minimum atomic E-state index is -4.93. The van der Waals surface area contributed by atoms with Crippen LogP contribution in [0.5, 0.6) is 0 Å². The van der Waals surface area contributed by atoms with Gasteiger partial charge in [-0.15, -0.1) is 0 Å². The molecule has 0 amide bonds. The van der Waals surface area contributed by atoms with Crippen LogP contribution in [-0.4, -0.2) is 96.7 Å². The van der Waals surface area contributed by atoms with E-state index >= 15 is 0 Å². The molecule has 0 spiro atoms. The standard InChI is InChI=1S/C57H110O17P2/c1-6-9-12-15-18-21-22-23-26-33-38-43-57(62)74-53(47-68-55(60)41-36-31-28-27-29-34-39-50(4)5)49-72-76(65,66)70-45-51(58)44-69-75(63,64)71-48-52(73-56(61)42-37-32-25-20-17-14-11-8-3)46-67-54(59)40-35-30-24-19-16-13-10-7-2/h50-53,58H,6-49H2,1-5H3,(H,63,64)(H,65,66)/t51-,52+,53+/m0/s1. The normalized spacial score (nSPS) is 14.4. The zero-order valence-electron chi connectivity index (χ0n) is 48.4. The number of rotatable bonds is 57. The maximum Gasteiger partial charge on any atom is 0.472 e. The van der Waals surface area contributed by atoms with Gasteiger partial charge >= 0.3 is 39.5 Å². The molecule has 0 rings (SSSR count). The molecule has 5 atom stereocenters. The van der Waals surface area contributed by atoms with E-state index in [-0.39, 0.29) is 25.7 Å². The lowest BCUT2D eigenvalue weighted by molar-refractivity contribution is -0.161. The number of phosphoric acid groups is 2. The first-order valence-corrected chi connectivity index (χ1v) is 33.1. The highest BCUT2D eigenvalue weighted by atomic mass is 31.2. The largest absolute Gasteiger partial charge is 0.472 e. The Bertz CT molecular complexity index is 1500. The Kier molecular flexibility index (Phi) is 49.9. The summed E-state index contributed by atoms with van der Waals surface area (Å²) in [4.78, 5) is 71.7. The second kappa shape index (κ2) is 51.2. The van der Waals surface area contributed by atoms with Crippen LogP contribution in [0.2, 0.25) is 0 Å². The Morgan fingerprint density at radius 1 is 0.355 bits per heavy atom. The summed E-state index contributed by atoms with van der Waals surface area (Å²) in [6.07, 6.45) is 32.3. The molecule has 0 bridgehead atoms. The minimum absolute atomic E-state index is 0.104. The van der Waals surface area contributed by atoms with Crippen LogP contribution in [0.15, 0.2) is 0 Å². The smallest absolute Gasteiger partial charge is 0.462 e. The molecule has 0 aromatic carbocycles. The Morgan fingerprint density at radius 2 is 0.605 bits per heavy atom. The maximum absolute atomic E-state index is 12.9. The molecular weight excluding hydrogens is 1020 g/mol. The Balaban J connectivity index is 5.21. The summed E-state index contributed by atoms with van der Waals surface area (Å²) in [7, 11) is -9.86. The molecule has 76 heavy (non-hydrogen) atoms. The van der Waals surface area contributed by atoms with E-state index < -0.39 is 97.5 Å². The predicted molar refractivity (Wildman–Crippen MR) is 298 cm³/mol. The number of carbonyl (C=O) groups is 4. The van der Waals surface area contributed by atoms with Crippen molar-refractivity contribution in [3.8, 4) is 0 Å². The van der Waals surface area contributed by atoms with E-state index in [1.807, 2.05) is 0 Å². The summed E-state index contributed by atoms with van der Waals surface area (Å²) in [5, 5.41) is 10.5. The number of carbonyl (C=O) groups excluding carboxylic acids is 4.